The Morgan fingerprint density at radius 1 is 1.50 bits per heavy atom. The molecule has 1 aliphatic carbocycles. The zero-order valence-electron chi connectivity index (χ0n) is 10.9. The first-order valence-corrected chi connectivity index (χ1v) is 6.79. The van der Waals surface area contributed by atoms with Gasteiger partial charge in [0.05, 0.1) is 6.10 Å². The molecule has 3 N–H and O–H groups in total. The maximum atomic E-state index is 9.29. The quantitative estimate of drug-likeness (QED) is 0.882. The van der Waals surface area contributed by atoms with Gasteiger partial charge in [-0.25, -0.2) is 0 Å². The van der Waals surface area contributed by atoms with Crippen LogP contribution < -0.4 is 10.6 Å². The Hall–Kier alpha value is -0.770. The van der Waals surface area contributed by atoms with Crippen LogP contribution in [0.5, 0.6) is 0 Å². The van der Waals surface area contributed by atoms with Crippen LogP contribution in [-0.2, 0) is 0 Å². The summed E-state index contributed by atoms with van der Waals surface area (Å²) >= 11 is 6.23. The van der Waals surface area contributed by atoms with Gasteiger partial charge in [-0.1, -0.05) is 17.7 Å². The second kappa shape index (κ2) is 5.47. The van der Waals surface area contributed by atoms with Crippen LogP contribution in [0.3, 0.4) is 0 Å². The standard InChI is InChI=1S/C14H21ClN2O/c1-9(16)13-4-3-11(7-14(13)15)17(2)8-10-5-12(18)6-10/h3-4,7,9-10,12,18H,5-6,8,16H2,1-2H3. The summed E-state index contributed by atoms with van der Waals surface area (Å²) in [5.74, 6) is 0.594. The van der Waals surface area contributed by atoms with Gasteiger partial charge < -0.3 is 15.7 Å². The van der Waals surface area contributed by atoms with Crippen molar-refractivity contribution in [1.29, 1.82) is 0 Å². The van der Waals surface area contributed by atoms with E-state index in [0.29, 0.717) is 5.92 Å². The Labute approximate surface area is 114 Å². The molecular weight excluding hydrogens is 248 g/mol. The number of halogens is 1. The monoisotopic (exact) mass is 268 g/mol. The van der Waals surface area contributed by atoms with Gasteiger partial charge >= 0.3 is 0 Å². The molecule has 0 aromatic heterocycles. The number of anilines is 1. The number of aliphatic hydroxyl groups excluding tert-OH is 1. The molecule has 2 rings (SSSR count). The third kappa shape index (κ3) is 2.97. The van der Waals surface area contributed by atoms with Crippen molar-refractivity contribution in [3.05, 3.63) is 28.8 Å². The van der Waals surface area contributed by atoms with Crippen LogP contribution >= 0.6 is 11.6 Å². The highest BCUT2D eigenvalue weighted by Gasteiger charge is 2.28. The number of rotatable bonds is 4. The van der Waals surface area contributed by atoms with Crippen LogP contribution in [0.25, 0.3) is 0 Å². The summed E-state index contributed by atoms with van der Waals surface area (Å²) in [4.78, 5) is 2.19. The van der Waals surface area contributed by atoms with Gasteiger partial charge in [0.15, 0.2) is 0 Å². The molecule has 3 nitrogen and oxygen atoms in total. The fourth-order valence-electron chi connectivity index (χ4n) is 2.47. The summed E-state index contributed by atoms with van der Waals surface area (Å²) in [6.45, 7) is 2.89. The van der Waals surface area contributed by atoms with Crippen LogP contribution in [-0.4, -0.2) is 24.8 Å². The first-order valence-electron chi connectivity index (χ1n) is 6.41. The topological polar surface area (TPSA) is 49.5 Å². The average molecular weight is 269 g/mol. The molecule has 4 heteroatoms. The largest absolute Gasteiger partial charge is 0.393 e. The SMILES string of the molecule is CC(N)c1ccc(N(C)CC2CC(O)C2)cc1Cl. The summed E-state index contributed by atoms with van der Waals surface area (Å²) in [7, 11) is 2.06. The van der Waals surface area contributed by atoms with E-state index in [4.69, 9.17) is 17.3 Å². The second-order valence-electron chi connectivity index (χ2n) is 5.37. The molecule has 1 aromatic rings. The molecule has 100 valence electrons. The third-order valence-electron chi connectivity index (χ3n) is 3.66. The van der Waals surface area contributed by atoms with E-state index in [1.165, 1.54) is 0 Å². The van der Waals surface area contributed by atoms with Gasteiger partial charge in [-0.15, -0.1) is 0 Å². The highest BCUT2D eigenvalue weighted by molar-refractivity contribution is 6.31. The van der Waals surface area contributed by atoms with Crippen molar-refractivity contribution in [3.63, 3.8) is 0 Å². The molecule has 1 aliphatic rings. The molecule has 0 saturated heterocycles. The zero-order chi connectivity index (χ0) is 13.3. The Morgan fingerprint density at radius 3 is 2.67 bits per heavy atom. The van der Waals surface area contributed by atoms with Gasteiger partial charge in [0.2, 0.25) is 0 Å². The fraction of sp³-hybridized carbons (Fsp3) is 0.571. The Morgan fingerprint density at radius 2 is 2.17 bits per heavy atom. The van der Waals surface area contributed by atoms with Crippen molar-refractivity contribution < 1.29 is 5.11 Å². The molecule has 0 radical (unpaired) electrons. The molecule has 1 fully saturated rings. The van der Waals surface area contributed by atoms with Gasteiger partial charge in [0.25, 0.3) is 0 Å². The predicted molar refractivity (Wildman–Crippen MR) is 76.1 cm³/mol. The minimum atomic E-state index is -0.0903. The van der Waals surface area contributed by atoms with E-state index < -0.39 is 0 Å². The van der Waals surface area contributed by atoms with Crippen LogP contribution in [0.1, 0.15) is 31.4 Å². The average Bonchev–Trinajstić information content (AvgIpc) is 2.26. The van der Waals surface area contributed by atoms with Crippen LogP contribution in [0.4, 0.5) is 5.69 Å². The van der Waals surface area contributed by atoms with E-state index in [0.717, 1.165) is 35.7 Å². The number of nitrogens with two attached hydrogens (primary N) is 1. The molecule has 0 aliphatic heterocycles. The molecule has 1 aromatic carbocycles. The van der Waals surface area contributed by atoms with Crippen molar-refractivity contribution in [2.24, 2.45) is 11.7 Å². The summed E-state index contributed by atoms with van der Waals surface area (Å²) in [6.07, 6.45) is 1.74. The number of hydrogen-bond donors (Lipinski definition) is 2. The first kappa shape index (κ1) is 13.7. The van der Waals surface area contributed by atoms with Gasteiger partial charge in [-0.2, -0.15) is 0 Å². The van der Waals surface area contributed by atoms with Crippen LogP contribution in [0.2, 0.25) is 5.02 Å². The van der Waals surface area contributed by atoms with Crippen molar-refractivity contribution in [3.8, 4) is 0 Å². The Kier molecular flexibility index (Phi) is 4.15. The van der Waals surface area contributed by atoms with E-state index in [1.807, 2.05) is 19.1 Å². The molecule has 0 heterocycles. The Balaban J connectivity index is 2.02. The Bertz CT molecular complexity index is 416. The molecule has 18 heavy (non-hydrogen) atoms. The lowest BCUT2D eigenvalue weighted by molar-refractivity contribution is 0.0465. The first-order chi connectivity index (χ1) is 8.47. The summed E-state index contributed by atoms with van der Waals surface area (Å²) in [6, 6.07) is 5.97. The second-order valence-corrected chi connectivity index (χ2v) is 5.77. The molecule has 1 unspecified atom stereocenters. The lowest BCUT2D eigenvalue weighted by Gasteiger charge is -2.35. The minimum Gasteiger partial charge on any atom is -0.393 e. The molecule has 0 bridgehead atoms. The van der Waals surface area contributed by atoms with E-state index in [-0.39, 0.29) is 12.1 Å². The molecule has 0 amide bonds. The number of nitrogens with zero attached hydrogens (tertiary/aromatic N) is 1. The van der Waals surface area contributed by atoms with Gasteiger partial charge in [-0.3, -0.25) is 0 Å². The van der Waals surface area contributed by atoms with E-state index >= 15 is 0 Å². The zero-order valence-corrected chi connectivity index (χ0v) is 11.7. The van der Waals surface area contributed by atoms with Crippen LogP contribution in [0.15, 0.2) is 18.2 Å². The van der Waals surface area contributed by atoms with Crippen LogP contribution in [0, 0.1) is 5.92 Å². The number of aliphatic hydroxyl groups is 1. The van der Waals surface area contributed by atoms with Crippen molar-refractivity contribution >= 4 is 17.3 Å². The van der Waals surface area contributed by atoms with Crippen molar-refractivity contribution in [1.82, 2.24) is 0 Å². The number of benzene rings is 1. The fourth-order valence-corrected chi connectivity index (χ4v) is 2.81. The van der Waals surface area contributed by atoms with Crippen molar-refractivity contribution in [2.45, 2.75) is 31.9 Å². The normalized spacial score (nSPS) is 24.5. The lowest BCUT2D eigenvalue weighted by atomic mass is 9.82. The number of hydrogen-bond acceptors (Lipinski definition) is 3. The molecule has 1 saturated carbocycles. The highest BCUT2D eigenvalue weighted by Crippen LogP contribution is 2.31. The van der Waals surface area contributed by atoms with Gasteiger partial charge in [0, 0.05) is 30.3 Å². The third-order valence-corrected chi connectivity index (χ3v) is 3.99. The molecule has 0 spiro atoms. The van der Waals surface area contributed by atoms with Crippen molar-refractivity contribution in [2.75, 3.05) is 18.5 Å². The minimum absolute atomic E-state index is 0.0429. The summed E-state index contributed by atoms with van der Waals surface area (Å²) in [5.41, 5.74) is 7.92. The van der Waals surface area contributed by atoms with E-state index in [9.17, 15) is 5.11 Å². The maximum absolute atomic E-state index is 9.29. The summed E-state index contributed by atoms with van der Waals surface area (Å²) in [5, 5.41) is 10.0. The molecule has 1 atom stereocenters. The maximum Gasteiger partial charge on any atom is 0.0546 e. The van der Waals surface area contributed by atoms with E-state index in [2.05, 4.69) is 18.0 Å². The van der Waals surface area contributed by atoms with E-state index in [1.54, 1.807) is 0 Å². The van der Waals surface area contributed by atoms with Gasteiger partial charge in [-0.05, 0) is 43.4 Å². The predicted octanol–water partition coefficient (Wildman–Crippen LogP) is 2.57. The smallest absolute Gasteiger partial charge is 0.0546 e. The van der Waals surface area contributed by atoms with Gasteiger partial charge in [0.1, 0.15) is 0 Å². The lowest BCUT2D eigenvalue weighted by Crippen LogP contribution is -2.37. The highest BCUT2D eigenvalue weighted by atomic mass is 35.5. The summed E-state index contributed by atoms with van der Waals surface area (Å²) < 4.78 is 0. The molecular formula is C14H21ClN2O.